The minimum absolute atomic E-state index is 0.0355. The molecule has 29 heavy (non-hydrogen) atoms. The van der Waals surface area contributed by atoms with Gasteiger partial charge in [0.25, 0.3) is 12.2 Å². The summed E-state index contributed by atoms with van der Waals surface area (Å²) in [6.07, 6.45) is -6.74. The van der Waals surface area contributed by atoms with Crippen LogP contribution >= 0.6 is 0 Å². The van der Waals surface area contributed by atoms with Gasteiger partial charge in [-0.15, -0.1) is 0 Å². The number of aliphatic hydroxyl groups is 1. The van der Waals surface area contributed by atoms with E-state index in [4.69, 9.17) is 0 Å². The highest BCUT2D eigenvalue weighted by atomic mass is 19.4. The normalized spacial score (nSPS) is 13.9. The summed E-state index contributed by atoms with van der Waals surface area (Å²) < 4.78 is 79.8. The van der Waals surface area contributed by atoms with Gasteiger partial charge < -0.3 is 10.4 Å². The van der Waals surface area contributed by atoms with Crippen molar-refractivity contribution in [3.05, 3.63) is 53.2 Å². The standard InChI is InChI=1S/C17H15F6N5O/c1-16(2,29)13(8-3-4-9(10(18)5-8)17(21,22)23)27-12-6-11(14(19)20)26-15-24-7-25-28(12)15/h3-7,13-14,27,29H,1-2H3/t13-/m1/s1. The number of nitrogens with one attached hydrogen (secondary N) is 1. The van der Waals surface area contributed by atoms with Crippen molar-refractivity contribution in [3.8, 4) is 0 Å². The maximum absolute atomic E-state index is 14.0. The Labute approximate surface area is 160 Å². The van der Waals surface area contributed by atoms with Crippen LogP contribution in [0.4, 0.5) is 32.2 Å². The molecular weight excluding hydrogens is 404 g/mol. The van der Waals surface area contributed by atoms with Gasteiger partial charge in [0.05, 0.1) is 17.2 Å². The predicted octanol–water partition coefficient (Wildman–Crippen LogP) is 4.14. The molecule has 0 fully saturated rings. The zero-order valence-electron chi connectivity index (χ0n) is 15.0. The van der Waals surface area contributed by atoms with Crippen LogP contribution in [-0.2, 0) is 6.18 Å². The highest BCUT2D eigenvalue weighted by Crippen LogP contribution is 2.35. The van der Waals surface area contributed by atoms with E-state index < -0.39 is 41.3 Å². The maximum Gasteiger partial charge on any atom is 0.419 e. The zero-order valence-corrected chi connectivity index (χ0v) is 15.0. The van der Waals surface area contributed by atoms with Gasteiger partial charge in [0.2, 0.25) is 0 Å². The molecule has 1 aromatic carbocycles. The molecule has 156 valence electrons. The van der Waals surface area contributed by atoms with Crippen LogP contribution in [0.1, 0.15) is 43.1 Å². The molecule has 0 aliphatic heterocycles. The van der Waals surface area contributed by atoms with Crippen molar-refractivity contribution in [2.24, 2.45) is 0 Å². The van der Waals surface area contributed by atoms with E-state index in [1.807, 2.05) is 0 Å². The van der Waals surface area contributed by atoms with Crippen molar-refractivity contribution in [1.82, 2.24) is 19.6 Å². The van der Waals surface area contributed by atoms with Crippen LogP contribution in [0.15, 0.2) is 30.6 Å². The Bertz CT molecular complexity index is 1030. The number of rotatable bonds is 5. The van der Waals surface area contributed by atoms with Gasteiger partial charge in [0.1, 0.15) is 23.7 Å². The van der Waals surface area contributed by atoms with Crippen LogP contribution in [0.5, 0.6) is 0 Å². The first-order valence-corrected chi connectivity index (χ1v) is 8.22. The SMILES string of the molecule is CC(C)(O)[C@H](Nc1cc(C(F)F)nc2ncnn12)c1ccc(C(F)(F)F)c(F)c1. The quantitative estimate of drug-likeness (QED) is 0.608. The first kappa shape index (κ1) is 20.8. The molecule has 3 aromatic rings. The van der Waals surface area contributed by atoms with Crippen molar-refractivity contribution in [3.63, 3.8) is 0 Å². The molecule has 0 spiro atoms. The molecule has 0 amide bonds. The van der Waals surface area contributed by atoms with Crippen molar-refractivity contribution >= 4 is 11.6 Å². The summed E-state index contributed by atoms with van der Waals surface area (Å²) >= 11 is 0. The Balaban J connectivity index is 2.08. The summed E-state index contributed by atoms with van der Waals surface area (Å²) in [5.41, 5.74) is -3.75. The van der Waals surface area contributed by atoms with E-state index in [-0.39, 0.29) is 17.2 Å². The summed E-state index contributed by atoms with van der Waals surface area (Å²) in [7, 11) is 0. The number of hydrogen-bond donors (Lipinski definition) is 2. The Morgan fingerprint density at radius 3 is 2.38 bits per heavy atom. The number of hydrogen-bond acceptors (Lipinski definition) is 5. The fraction of sp³-hybridized carbons (Fsp3) is 0.353. The Morgan fingerprint density at radius 1 is 1.14 bits per heavy atom. The molecule has 2 N–H and O–H groups in total. The summed E-state index contributed by atoms with van der Waals surface area (Å²) in [6.45, 7) is 2.65. The zero-order chi connectivity index (χ0) is 21.6. The average molecular weight is 419 g/mol. The smallest absolute Gasteiger partial charge is 0.388 e. The second-order valence-corrected chi connectivity index (χ2v) is 6.81. The lowest BCUT2D eigenvalue weighted by atomic mass is 9.91. The van der Waals surface area contributed by atoms with E-state index in [9.17, 15) is 31.4 Å². The third kappa shape index (κ3) is 4.26. The molecule has 0 saturated heterocycles. The van der Waals surface area contributed by atoms with Crippen LogP contribution < -0.4 is 5.32 Å². The lowest BCUT2D eigenvalue weighted by molar-refractivity contribution is -0.140. The predicted molar refractivity (Wildman–Crippen MR) is 89.8 cm³/mol. The molecule has 2 heterocycles. The number of benzene rings is 1. The van der Waals surface area contributed by atoms with Crippen LogP contribution in [0.2, 0.25) is 0 Å². The lowest BCUT2D eigenvalue weighted by Crippen LogP contribution is -2.35. The molecule has 0 aliphatic carbocycles. The highest BCUT2D eigenvalue weighted by Gasteiger charge is 2.36. The second kappa shape index (κ2) is 7.17. The first-order valence-electron chi connectivity index (χ1n) is 8.22. The number of fused-ring (bicyclic) bond motifs is 1. The Hall–Kier alpha value is -2.89. The summed E-state index contributed by atoms with van der Waals surface area (Å²) in [4.78, 5) is 7.38. The largest absolute Gasteiger partial charge is 0.419 e. The Kier molecular flexibility index (Phi) is 5.15. The van der Waals surface area contributed by atoms with Gasteiger partial charge in [0, 0.05) is 6.07 Å². The first-order chi connectivity index (χ1) is 13.4. The Morgan fingerprint density at radius 2 is 1.83 bits per heavy atom. The van der Waals surface area contributed by atoms with Gasteiger partial charge in [-0.1, -0.05) is 6.07 Å². The van der Waals surface area contributed by atoms with Gasteiger partial charge >= 0.3 is 6.18 Å². The third-order valence-electron chi connectivity index (χ3n) is 4.13. The molecular formula is C17H15F6N5O. The molecule has 2 aromatic heterocycles. The van der Waals surface area contributed by atoms with Gasteiger partial charge in [-0.3, -0.25) is 0 Å². The van der Waals surface area contributed by atoms with Crippen molar-refractivity contribution < 1.29 is 31.4 Å². The fourth-order valence-corrected chi connectivity index (χ4v) is 2.80. The van der Waals surface area contributed by atoms with Gasteiger partial charge in [-0.2, -0.15) is 27.8 Å². The van der Waals surface area contributed by atoms with Crippen molar-refractivity contribution in [2.45, 2.75) is 38.1 Å². The van der Waals surface area contributed by atoms with E-state index >= 15 is 0 Å². The van der Waals surface area contributed by atoms with Gasteiger partial charge in [-0.25, -0.2) is 18.2 Å². The molecule has 0 saturated carbocycles. The van der Waals surface area contributed by atoms with E-state index in [1.165, 1.54) is 13.8 Å². The second-order valence-electron chi connectivity index (χ2n) is 6.81. The highest BCUT2D eigenvalue weighted by molar-refractivity contribution is 5.48. The van der Waals surface area contributed by atoms with E-state index in [0.29, 0.717) is 12.1 Å². The number of alkyl halides is 5. The molecule has 0 unspecified atom stereocenters. The van der Waals surface area contributed by atoms with Crippen molar-refractivity contribution in [1.29, 1.82) is 0 Å². The number of aromatic nitrogens is 4. The lowest BCUT2D eigenvalue weighted by Gasteiger charge is -2.31. The van der Waals surface area contributed by atoms with E-state index in [1.54, 1.807) is 0 Å². The van der Waals surface area contributed by atoms with Gasteiger partial charge in [0.15, 0.2) is 0 Å². The molecule has 3 rings (SSSR count). The van der Waals surface area contributed by atoms with E-state index in [0.717, 1.165) is 23.0 Å². The van der Waals surface area contributed by atoms with Crippen LogP contribution in [-0.4, -0.2) is 30.3 Å². The number of nitrogens with zero attached hydrogens (tertiary/aromatic N) is 4. The topological polar surface area (TPSA) is 75.3 Å². The summed E-state index contributed by atoms with van der Waals surface area (Å²) in [6, 6.07) is 1.96. The summed E-state index contributed by atoms with van der Waals surface area (Å²) in [5.74, 6) is -1.74. The minimum Gasteiger partial charge on any atom is -0.388 e. The molecule has 0 bridgehead atoms. The average Bonchev–Trinajstić information content (AvgIpc) is 3.05. The van der Waals surface area contributed by atoms with E-state index in [2.05, 4.69) is 20.4 Å². The number of anilines is 1. The molecule has 6 nitrogen and oxygen atoms in total. The minimum atomic E-state index is -4.88. The fourth-order valence-electron chi connectivity index (χ4n) is 2.80. The van der Waals surface area contributed by atoms with Crippen LogP contribution in [0, 0.1) is 5.82 Å². The van der Waals surface area contributed by atoms with Crippen LogP contribution in [0.25, 0.3) is 5.78 Å². The molecule has 1 atom stereocenters. The van der Waals surface area contributed by atoms with Gasteiger partial charge in [-0.05, 0) is 31.5 Å². The molecule has 0 aliphatic rings. The van der Waals surface area contributed by atoms with Crippen molar-refractivity contribution in [2.75, 3.05) is 5.32 Å². The number of halogens is 6. The summed E-state index contributed by atoms with van der Waals surface area (Å²) in [5, 5.41) is 17.1. The third-order valence-corrected chi connectivity index (χ3v) is 4.13. The monoisotopic (exact) mass is 419 g/mol. The molecule has 0 radical (unpaired) electrons. The maximum atomic E-state index is 14.0. The molecule has 12 heteroatoms. The van der Waals surface area contributed by atoms with Crippen LogP contribution in [0.3, 0.4) is 0 Å².